The normalized spacial score (nSPS) is 29.6. The van der Waals surface area contributed by atoms with E-state index < -0.39 is 0 Å². The van der Waals surface area contributed by atoms with Crippen LogP contribution in [0.3, 0.4) is 0 Å². The molecule has 2 bridgehead atoms. The zero-order chi connectivity index (χ0) is 12.3. The summed E-state index contributed by atoms with van der Waals surface area (Å²) in [4.78, 5) is 0. The highest BCUT2D eigenvalue weighted by atomic mass is 35.5. The van der Waals surface area contributed by atoms with Crippen molar-refractivity contribution in [2.75, 3.05) is 0 Å². The molecule has 2 aliphatic rings. The van der Waals surface area contributed by atoms with Gasteiger partial charge >= 0.3 is 0 Å². The molecule has 3 heteroatoms. The van der Waals surface area contributed by atoms with Gasteiger partial charge in [-0.1, -0.05) is 56.0 Å². The van der Waals surface area contributed by atoms with Crippen molar-refractivity contribution in [3.05, 3.63) is 35.9 Å². The largest absolute Gasteiger partial charge is 0.253 e. The summed E-state index contributed by atoms with van der Waals surface area (Å²) in [6.07, 6.45) is 9.82. The van der Waals surface area contributed by atoms with Crippen LogP contribution in [0.5, 0.6) is 0 Å². The van der Waals surface area contributed by atoms with Crippen LogP contribution in [0.4, 0.5) is 0 Å². The molecule has 0 amide bonds. The molecule has 106 valence electrons. The highest BCUT2D eigenvalue weighted by Crippen LogP contribution is 2.42. The Morgan fingerprint density at radius 2 is 1.74 bits per heavy atom. The van der Waals surface area contributed by atoms with Gasteiger partial charge in [-0.15, -0.1) is 12.4 Å². The van der Waals surface area contributed by atoms with Crippen LogP contribution in [0.25, 0.3) is 0 Å². The van der Waals surface area contributed by atoms with Gasteiger partial charge in [-0.2, -0.15) is 0 Å². The fourth-order valence-electron chi connectivity index (χ4n) is 3.79. The van der Waals surface area contributed by atoms with E-state index in [-0.39, 0.29) is 12.4 Å². The number of hydrogen-bond acceptors (Lipinski definition) is 2. The molecule has 1 aromatic rings. The van der Waals surface area contributed by atoms with Gasteiger partial charge < -0.3 is 0 Å². The van der Waals surface area contributed by atoms with E-state index in [1.807, 2.05) is 0 Å². The van der Waals surface area contributed by atoms with Crippen molar-refractivity contribution in [2.45, 2.75) is 57.0 Å². The second kappa shape index (κ2) is 6.74. The number of rotatable bonds is 4. The van der Waals surface area contributed by atoms with Crippen molar-refractivity contribution < 1.29 is 0 Å². The third-order valence-electron chi connectivity index (χ3n) is 4.70. The molecule has 1 aromatic carbocycles. The van der Waals surface area contributed by atoms with Crippen molar-refractivity contribution in [3.63, 3.8) is 0 Å². The van der Waals surface area contributed by atoms with Crippen LogP contribution in [0, 0.1) is 5.92 Å². The van der Waals surface area contributed by atoms with Crippen LogP contribution in [0.2, 0.25) is 0 Å². The molecule has 0 atom stereocenters. The summed E-state index contributed by atoms with van der Waals surface area (Å²) in [6.45, 7) is 0.924. The molecule has 2 fully saturated rings. The first kappa shape index (κ1) is 14.8. The molecule has 0 heterocycles. The molecule has 0 aromatic heterocycles. The van der Waals surface area contributed by atoms with Crippen LogP contribution in [-0.4, -0.2) is 5.54 Å². The maximum absolute atomic E-state index is 3.66. The van der Waals surface area contributed by atoms with E-state index in [1.54, 1.807) is 0 Å². The van der Waals surface area contributed by atoms with E-state index in [0.29, 0.717) is 5.54 Å². The van der Waals surface area contributed by atoms with Gasteiger partial charge in [-0.3, -0.25) is 10.9 Å². The molecule has 0 aliphatic heterocycles. The van der Waals surface area contributed by atoms with E-state index >= 15 is 0 Å². The lowest BCUT2D eigenvalue weighted by atomic mass is 9.67. The Morgan fingerprint density at radius 3 is 2.42 bits per heavy atom. The molecule has 0 spiro atoms. The molecule has 2 aliphatic carbocycles. The number of benzene rings is 1. The zero-order valence-electron chi connectivity index (χ0n) is 11.5. The molecule has 3 rings (SSSR count). The Balaban J connectivity index is 0.00000133. The Kier molecular flexibility index (Phi) is 5.26. The van der Waals surface area contributed by atoms with Gasteiger partial charge in [0, 0.05) is 12.1 Å². The third-order valence-corrected chi connectivity index (χ3v) is 4.70. The fraction of sp³-hybridized carbons (Fsp3) is 0.625. The maximum atomic E-state index is 3.66. The van der Waals surface area contributed by atoms with Crippen molar-refractivity contribution in [2.24, 2.45) is 5.92 Å². The Labute approximate surface area is 122 Å². The molecule has 2 saturated carbocycles. The lowest BCUT2D eigenvalue weighted by Crippen LogP contribution is -2.56. The summed E-state index contributed by atoms with van der Waals surface area (Å²) in [6, 6.07) is 10.6. The van der Waals surface area contributed by atoms with Gasteiger partial charge in [0.05, 0.1) is 0 Å². The molecule has 0 saturated heterocycles. The third kappa shape index (κ3) is 3.71. The summed E-state index contributed by atoms with van der Waals surface area (Å²) >= 11 is 0. The monoisotopic (exact) mass is 280 g/mol. The summed E-state index contributed by atoms with van der Waals surface area (Å²) in [5.74, 6) is 0.985. The van der Waals surface area contributed by atoms with Crippen molar-refractivity contribution in [3.8, 4) is 0 Å². The zero-order valence-corrected chi connectivity index (χ0v) is 12.3. The second-order valence-electron chi connectivity index (χ2n) is 6.10. The summed E-state index contributed by atoms with van der Waals surface area (Å²) < 4.78 is 0. The van der Waals surface area contributed by atoms with Crippen LogP contribution in [0.1, 0.15) is 50.5 Å². The van der Waals surface area contributed by atoms with E-state index in [0.717, 1.165) is 12.5 Å². The standard InChI is InChI=1S/C16H24N2.ClH/c1-2-6-15(7-3-1)13-17-18-16-10-4-8-14(12-16)9-5-11-16;/h1-3,6-7,14,17-18H,4-5,8-13H2;1H. The minimum atomic E-state index is 0. The number of halogens is 1. The molecule has 0 radical (unpaired) electrons. The molecular formula is C16H25ClN2. The topological polar surface area (TPSA) is 24.1 Å². The first-order chi connectivity index (χ1) is 8.86. The van der Waals surface area contributed by atoms with E-state index in [9.17, 15) is 0 Å². The summed E-state index contributed by atoms with van der Waals surface area (Å²) in [7, 11) is 0. The van der Waals surface area contributed by atoms with Gasteiger partial charge in [-0.25, -0.2) is 0 Å². The second-order valence-corrected chi connectivity index (χ2v) is 6.10. The molecular weight excluding hydrogens is 256 g/mol. The molecule has 2 N–H and O–H groups in total. The Hall–Kier alpha value is -0.570. The lowest BCUT2D eigenvalue weighted by Gasteiger charge is -2.46. The average molecular weight is 281 g/mol. The van der Waals surface area contributed by atoms with Crippen molar-refractivity contribution in [1.82, 2.24) is 10.9 Å². The minimum Gasteiger partial charge on any atom is -0.253 e. The minimum absolute atomic E-state index is 0. The predicted octanol–water partition coefficient (Wildman–Crippen LogP) is 3.82. The fourth-order valence-corrected chi connectivity index (χ4v) is 3.79. The molecule has 19 heavy (non-hydrogen) atoms. The van der Waals surface area contributed by atoms with Crippen molar-refractivity contribution >= 4 is 12.4 Å². The lowest BCUT2D eigenvalue weighted by molar-refractivity contribution is 0.101. The van der Waals surface area contributed by atoms with Gasteiger partial charge in [-0.05, 0) is 30.7 Å². The maximum Gasteiger partial charge on any atom is 0.0351 e. The summed E-state index contributed by atoms with van der Waals surface area (Å²) in [5, 5.41) is 0. The number of nitrogens with one attached hydrogen (secondary N) is 2. The van der Waals surface area contributed by atoms with E-state index in [4.69, 9.17) is 0 Å². The molecule has 0 unspecified atom stereocenters. The first-order valence-electron chi connectivity index (χ1n) is 7.40. The van der Waals surface area contributed by atoms with Gasteiger partial charge in [0.1, 0.15) is 0 Å². The van der Waals surface area contributed by atoms with Gasteiger partial charge in [0.2, 0.25) is 0 Å². The highest BCUT2D eigenvalue weighted by molar-refractivity contribution is 5.85. The SMILES string of the molecule is Cl.c1ccc(CNNC23CCCC(CCC2)C3)cc1. The van der Waals surface area contributed by atoms with Crippen LogP contribution >= 0.6 is 12.4 Å². The van der Waals surface area contributed by atoms with Crippen LogP contribution in [0.15, 0.2) is 30.3 Å². The Bertz CT molecular complexity index is 370. The van der Waals surface area contributed by atoms with Gasteiger partial charge in [0.15, 0.2) is 0 Å². The number of fused-ring (bicyclic) bond motifs is 2. The summed E-state index contributed by atoms with van der Waals surface area (Å²) in [5.41, 5.74) is 8.88. The smallest absolute Gasteiger partial charge is 0.0351 e. The van der Waals surface area contributed by atoms with Crippen molar-refractivity contribution in [1.29, 1.82) is 0 Å². The molecule has 2 nitrogen and oxygen atoms in total. The highest BCUT2D eigenvalue weighted by Gasteiger charge is 2.38. The predicted molar refractivity (Wildman–Crippen MR) is 82.2 cm³/mol. The number of hydrogen-bond donors (Lipinski definition) is 2. The van der Waals surface area contributed by atoms with Crippen LogP contribution < -0.4 is 10.9 Å². The average Bonchev–Trinajstić information content (AvgIpc) is 2.40. The Morgan fingerprint density at radius 1 is 1.05 bits per heavy atom. The van der Waals surface area contributed by atoms with E-state index in [2.05, 4.69) is 41.2 Å². The van der Waals surface area contributed by atoms with Crippen LogP contribution in [-0.2, 0) is 6.54 Å². The first-order valence-corrected chi connectivity index (χ1v) is 7.40. The number of hydrazine groups is 1. The van der Waals surface area contributed by atoms with E-state index in [1.165, 1.54) is 50.5 Å². The van der Waals surface area contributed by atoms with Gasteiger partial charge in [0.25, 0.3) is 0 Å². The quantitative estimate of drug-likeness (QED) is 0.820.